The predicted octanol–water partition coefficient (Wildman–Crippen LogP) is 20.1. The van der Waals surface area contributed by atoms with Crippen molar-refractivity contribution in [1.82, 2.24) is 5.32 Å². The van der Waals surface area contributed by atoms with E-state index in [1.807, 2.05) is 21.1 Å². The summed E-state index contributed by atoms with van der Waals surface area (Å²) in [5.41, 5.74) is 0. The summed E-state index contributed by atoms with van der Waals surface area (Å²) in [5.74, 6) is -0.154. The molecule has 0 aliphatic rings. The number of aliphatic hydroxyl groups is 1. The number of rotatable bonds is 63. The Kier molecular flexibility index (Phi) is 56.8. The van der Waals surface area contributed by atoms with Crippen LogP contribution in [0.25, 0.3) is 0 Å². The van der Waals surface area contributed by atoms with Crippen LogP contribution in [0.1, 0.15) is 361 Å². The molecule has 0 saturated carbocycles. The fourth-order valence-electron chi connectivity index (χ4n) is 10.6. The first kappa shape index (κ1) is 73.5. The van der Waals surface area contributed by atoms with E-state index in [0.29, 0.717) is 23.9 Å². The first-order chi connectivity index (χ1) is 36.0. The van der Waals surface area contributed by atoms with Crippen LogP contribution < -0.4 is 10.2 Å². The second kappa shape index (κ2) is 57.2. The van der Waals surface area contributed by atoms with E-state index in [-0.39, 0.29) is 19.1 Å². The van der Waals surface area contributed by atoms with Gasteiger partial charge in [0.05, 0.1) is 39.9 Å². The van der Waals surface area contributed by atoms with Gasteiger partial charge in [-0.25, -0.2) is 0 Å². The van der Waals surface area contributed by atoms with Gasteiger partial charge in [-0.05, 0) is 12.8 Å². The lowest BCUT2D eigenvalue weighted by Gasteiger charge is -2.30. The summed E-state index contributed by atoms with van der Waals surface area (Å²) in [7, 11) is 1.33. The number of nitrogens with one attached hydrogen (secondary N) is 1. The summed E-state index contributed by atoms with van der Waals surface area (Å²) in [6.45, 7) is 4.79. The van der Waals surface area contributed by atoms with Crippen molar-refractivity contribution in [3.05, 3.63) is 0 Å². The number of nitrogens with zero attached hydrogens (tertiary/aromatic N) is 1. The summed E-state index contributed by atoms with van der Waals surface area (Å²) < 4.78 is 23.5. The molecular formula is C65H133N2O6P. The highest BCUT2D eigenvalue weighted by Gasteiger charge is 2.24. The molecule has 2 N–H and O–H groups in total. The van der Waals surface area contributed by atoms with Gasteiger partial charge in [-0.2, -0.15) is 0 Å². The molecule has 1 amide bonds. The number of carbonyl (C=O) groups excluding carboxylic acids is 1. The Morgan fingerprint density at radius 3 is 0.919 bits per heavy atom. The van der Waals surface area contributed by atoms with Crippen molar-refractivity contribution >= 4 is 13.7 Å². The minimum Gasteiger partial charge on any atom is -0.756 e. The van der Waals surface area contributed by atoms with Gasteiger partial charge in [-0.1, -0.05) is 341 Å². The molecule has 0 radical (unpaired) electrons. The number of aliphatic hydroxyl groups excluding tert-OH is 1. The third-order valence-electron chi connectivity index (χ3n) is 15.8. The highest BCUT2D eigenvalue weighted by Crippen LogP contribution is 2.38. The molecule has 0 fully saturated rings. The van der Waals surface area contributed by atoms with Crippen molar-refractivity contribution in [3.8, 4) is 0 Å². The zero-order chi connectivity index (χ0) is 54.2. The monoisotopic (exact) mass is 1070 g/mol. The smallest absolute Gasteiger partial charge is 0.268 e. The van der Waals surface area contributed by atoms with E-state index in [2.05, 4.69) is 19.2 Å². The Hall–Kier alpha value is -0.500. The topological polar surface area (TPSA) is 108 Å². The largest absolute Gasteiger partial charge is 0.756 e. The first-order valence-electron chi connectivity index (χ1n) is 33.4. The van der Waals surface area contributed by atoms with Crippen LogP contribution in [-0.4, -0.2) is 68.5 Å². The van der Waals surface area contributed by atoms with Crippen molar-refractivity contribution in [1.29, 1.82) is 0 Å². The molecule has 0 heterocycles. The molecule has 3 atom stereocenters. The Morgan fingerprint density at radius 2 is 0.662 bits per heavy atom. The summed E-state index contributed by atoms with van der Waals surface area (Å²) in [6.07, 6.45) is 70.3. The van der Waals surface area contributed by atoms with Gasteiger partial charge in [0.25, 0.3) is 7.82 Å². The molecule has 0 aliphatic carbocycles. The van der Waals surface area contributed by atoms with Crippen molar-refractivity contribution in [2.45, 2.75) is 373 Å². The van der Waals surface area contributed by atoms with Gasteiger partial charge in [0.1, 0.15) is 13.2 Å². The number of phosphoric acid groups is 1. The molecular weight excluding hydrogens is 936 g/mol. The summed E-state index contributed by atoms with van der Waals surface area (Å²) >= 11 is 0. The van der Waals surface area contributed by atoms with Gasteiger partial charge in [-0.15, -0.1) is 0 Å². The number of phosphoric ester groups is 1. The Morgan fingerprint density at radius 1 is 0.419 bits per heavy atom. The minimum absolute atomic E-state index is 0.0168. The van der Waals surface area contributed by atoms with Crippen molar-refractivity contribution in [3.63, 3.8) is 0 Å². The number of hydrogen-bond acceptors (Lipinski definition) is 6. The average molecular weight is 1070 g/mol. The highest BCUT2D eigenvalue weighted by molar-refractivity contribution is 7.45. The number of hydrogen-bond donors (Lipinski definition) is 2. The van der Waals surface area contributed by atoms with Gasteiger partial charge in [0, 0.05) is 6.42 Å². The molecule has 0 aromatic carbocycles. The van der Waals surface area contributed by atoms with Crippen LogP contribution >= 0.6 is 7.82 Å². The molecule has 0 saturated heterocycles. The molecule has 0 aliphatic heterocycles. The fraction of sp³-hybridized carbons (Fsp3) is 0.985. The van der Waals surface area contributed by atoms with Crippen LogP contribution in [0.5, 0.6) is 0 Å². The van der Waals surface area contributed by atoms with Crippen LogP contribution in [-0.2, 0) is 18.4 Å². The quantitative estimate of drug-likeness (QED) is 0.0357. The standard InChI is InChI=1S/C65H133N2O6P/c1-6-8-10-12-14-16-18-20-22-24-26-27-28-29-30-31-32-33-34-35-36-37-38-39-41-43-45-47-49-51-53-55-57-59-65(69)66-63(62-73-74(70,71)72-61-60-67(3,4)5)64(68)58-56-54-52-50-48-46-44-42-40-25-23-21-19-17-15-13-11-9-7-2/h63-64,68H,6-62H2,1-5H3,(H-,66,69,70,71). The second-order valence-corrected chi connectivity index (χ2v) is 26.0. The molecule has 8 nitrogen and oxygen atoms in total. The lowest BCUT2D eigenvalue weighted by Crippen LogP contribution is -2.46. The number of likely N-dealkylation sites (N-methyl/N-ethyl adjacent to an activating group) is 1. The van der Waals surface area contributed by atoms with E-state index >= 15 is 0 Å². The van der Waals surface area contributed by atoms with Gasteiger partial charge >= 0.3 is 0 Å². The molecule has 74 heavy (non-hydrogen) atoms. The van der Waals surface area contributed by atoms with E-state index in [0.717, 1.165) is 38.5 Å². The minimum atomic E-state index is -4.57. The highest BCUT2D eigenvalue weighted by atomic mass is 31.2. The fourth-order valence-corrected chi connectivity index (χ4v) is 11.4. The number of unbranched alkanes of at least 4 members (excludes halogenated alkanes) is 50. The van der Waals surface area contributed by atoms with Crippen molar-refractivity contribution < 1.29 is 32.9 Å². The molecule has 0 spiro atoms. The molecule has 0 rings (SSSR count). The first-order valence-corrected chi connectivity index (χ1v) is 34.8. The van der Waals surface area contributed by atoms with Gasteiger partial charge in [0.15, 0.2) is 0 Å². The molecule has 0 aromatic rings. The van der Waals surface area contributed by atoms with Crippen LogP contribution in [0.2, 0.25) is 0 Å². The molecule has 3 unspecified atom stereocenters. The summed E-state index contributed by atoms with van der Waals surface area (Å²) in [4.78, 5) is 25.6. The van der Waals surface area contributed by atoms with Crippen molar-refractivity contribution in [2.75, 3.05) is 40.9 Å². The maximum Gasteiger partial charge on any atom is 0.268 e. The van der Waals surface area contributed by atoms with E-state index in [1.54, 1.807) is 0 Å². The van der Waals surface area contributed by atoms with E-state index in [9.17, 15) is 19.4 Å². The molecule has 444 valence electrons. The van der Waals surface area contributed by atoms with E-state index in [4.69, 9.17) is 9.05 Å². The van der Waals surface area contributed by atoms with Crippen LogP contribution in [0.15, 0.2) is 0 Å². The molecule has 0 bridgehead atoms. The maximum atomic E-state index is 13.0. The third-order valence-corrected chi connectivity index (χ3v) is 16.8. The third kappa shape index (κ3) is 59.2. The SMILES string of the molecule is CCCCCCCCCCCCCCCCCCCCCCCCCCCCCCCCCCCC(=O)NC(COP(=O)([O-])OCC[N+](C)(C)C)C(O)CCCCCCCCCCCCCCCCCCCCC. The zero-order valence-electron chi connectivity index (χ0n) is 50.8. The maximum absolute atomic E-state index is 13.0. The zero-order valence-corrected chi connectivity index (χ0v) is 51.7. The van der Waals surface area contributed by atoms with Crippen molar-refractivity contribution in [2.24, 2.45) is 0 Å². The second-order valence-electron chi connectivity index (χ2n) is 24.5. The summed E-state index contributed by atoms with van der Waals surface area (Å²) in [5, 5.41) is 14.1. The van der Waals surface area contributed by atoms with Crippen LogP contribution in [0.3, 0.4) is 0 Å². The average Bonchev–Trinajstić information content (AvgIpc) is 3.36. The van der Waals surface area contributed by atoms with E-state index < -0.39 is 20.0 Å². The predicted molar refractivity (Wildman–Crippen MR) is 321 cm³/mol. The molecule has 0 aromatic heterocycles. The Bertz CT molecular complexity index is 1170. The van der Waals surface area contributed by atoms with Gasteiger partial charge in [-0.3, -0.25) is 9.36 Å². The Balaban J connectivity index is 3.95. The van der Waals surface area contributed by atoms with Gasteiger partial charge in [0.2, 0.25) is 5.91 Å². The number of carbonyl (C=O) groups is 1. The molecule has 9 heteroatoms. The van der Waals surface area contributed by atoms with Gasteiger partial charge < -0.3 is 28.8 Å². The van der Waals surface area contributed by atoms with Crippen LogP contribution in [0, 0.1) is 0 Å². The lowest BCUT2D eigenvalue weighted by atomic mass is 10.0. The summed E-state index contributed by atoms with van der Waals surface area (Å²) in [6, 6.07) is -0.796. The number of quaternary nitrogens is 1. The number of amides is 1. The Labute approximate surface area is 463 Å². The van der Waals surface area contributed by atoms with Crippen LogP contribution in [0.4, 0.5) is 0 Å². The van der Waals surface area contributed by atoms with E-state index in [1.165, 1.54) is 295 Å². The lowest BCUT2D eigenvalue weighted by molar-refractivity contribution is -0.870. The normalized spacial score (nSPS) is 13.7.